The SMILES string of the molecule is N#CC1=C(N)Oc2cc(OC(=O)COc3ccc([N+](=O)[O-])cc3)ccc2C1c1cccc(OCc2ccc(Cl)cc2Cl)c1. The molecule has 216 valence electrons. The Bertz CT molecular complexity index is 1790. The molecule has 4 aromatic carbocycles. The van der Waals surface area contributed by atoms with Crippen LogP contribution >= 0.6 is 23.2 Å². The van der Waals surface area contributed by atoms with Crippen LogP contribution in [-0.2, 0) is 11.4 Å². The molecule has 0 spiro atoms. The summed E-state index contributed by atoms with van der Waals surface area (Å²) in [6.45, 7) is -0.234. The average molecular weight is 618 g/mol. The Hall–Kier alpha value is -5.24. The van der Waals surface area contributed by atoms with Crippen LogP contribution in [-0.4, -0.2) is 17.5 Å². The number of carbonyl (C=O) groups excluding carboxylic acids is 1. The van der Waals surface area contributed by atoms with Crippen molar-refractivity contribution in [1.82, 2.24) is 0 Å². The van der Waals surface area contributed by atoms with E-state index in [0.717, 1.165) is 11.1 Å². The fourth-order valence-corrected chi connectivity index (χ4v) is 4.86. The Balaban J connectivity index is 1.31. The Labute approximate surface area is 255 Å². The van der Waals surface area contributed by atoms with Crippen LogP contribution in [0.4, 0.5) is 5.69 Å². The van der Waals surface area contributed by atoms with Crippen LogP contribution in [0.1, 0.15) is 22.6 Å². The van der Waals surface area contributed by atoms with Gasteiger partial charge in [0.05, 0.1) is 10.8 Å². The lowest BCUT2D eigenvalue weighted by molar-refractivity contribution is -0.384. The van der Waals surface area contributed by atoms with Crippen molar-refractivity contribution in [3.8, 4) is 29.1 Å². The molecule has 1 unspecified atom stereocenters. The largest absolute Gasteiger partial charge is 0.489 e. The first-order chi connectivity index (χ1) is 20.7. The van der Waals surface area contributed by atoms with Gasteiger partial charge >= 0.3 is 5.97 Å². The summed E-state index contributed by atoms with van der Waals surface area (Å²) in [6, 6.07) is 24.6. The Kier molecular flexibility index (Phi) is 8.66. The minimum absolute atomic E-state index is 0.0794. The first-order valence-corrected chi connectivity index (χ1v) is 13.4. The van der Waals surface area contributed by atoms with E-state index in [1.54, 1.807) is 48.5 Å². The maximum atomic E-state index is 12.4. The molecule has 0 saturated heterocycles. The van der Waals surface area contributed by atoms with E-state index in [2.05, 4.69) is 6.07 Å². The molecule has 4 aromatic rings. The van der Waals surface area contributed by atoms with E-state index < -0.39 is 23.4 Å². The molecular formula is C31H21Cl2N3O7. The summed E-state index contributed by atoms with van der Waals surface area (Å²) in [6.07, 6.45) is 0. The molecule has 2 N–H and O–H groups in total. The fourth-order valence-electron chi connectivity index (χ4n) is 4.39. The summed E-state index contributed by atoms with van der Waals surface area (Å²) in [7, 11) is 0. The van der Waals surface area contributed by atoms with Crippen LogP contribution in [0.15, 0.2) is 96.4 Å². The van der Waals surface area contributed by atoms with E-state index in [1.807, 2.05) is 6.07 Å². The highest BCUT2D eigenvalue weighted by Gasteiger charge is 2.31. The van der Waals surface area contributed by atoms with Crippen molar-refractivity contribution < 1.29 is 28.7 Å². The van der Waals surface area contributed by atoms with Crippen molar-refractivity contribution in [2.45, 2.75) is 12.5 Å². The zero-order chi connectivity index (χ0) is 30.5. The number of fused-ring (bicyclic) bond motifs is 1. The van der Waals surface area contributed by atoms with Crippen molar-refractivity contribution >= 4 is 34.9 Å². The second kappa shape index (κ2) is 12.7. The second-order valence-electron chi connectivity index (χ2n) is 9.24. The fraction of sp³-hybridized carbons (Fsp3) is 0.0968. The standard InChI is InChI=1S/C31H21Cl2N3O7/c32-20-5-4-19(27(33)13-20)16-40-23-3-1-2-18(12-23)30-25-11-10-24(14-28(25)43-31(35)26(30)15-34)42-29(37)17-41-22-8-6-21(7-9-22)36(38)39/h1-14,30H,16-17,35H2. The number of esters is 1. The number of nitrogens with zero attached hydrogens (tertiary/aromatic N) is 2. The first-order valence-electron chi connectivity index (χ1n) is 12.7. The molecule has 1 atom stereocenters. The number of nitro groups is 1. The highest BCUT2D eigenvalue weighted by atomic mass is 35.5. The van der Waals surface area contributed by atoms with Crippen LogP contribution in [0.3, 0.4) is 0 Å². The molecule has 1 aliphatic heterocycles. The molecule has 0 radical (unpaired) electrons. The van der Waals surface area contributed by atoms with Crippen molar-refractivity contribution in [2.24, 2.45) is 5.73 Å². The number of carbonyl (C=O) groups is 1. The molecule has 0 bridgehead atoms. The molecule has 5 rings (SSSR count). The zero-order valence-corrected chi connectivity index (χ0v) is 23.7. The quantitative estimate of drug-likeness (QED) is 0.0939. The van der Waals surface area contributed by atoms with Gasteiger partial charge in [-0.2, -0.15) is 5.26 Å². The van der Waals surface area contributed by atoms with Gasteiger partial charge in [0, 0.05) is 39.4 Å². The van der Waals surface area contributed by atoms with Gasteiger partial charge in [0.2, 0.25) is 5.88 Å². The van der Waals surface area contributed by atoms with E-state index in [9.17, 15) is 20.2 Å². The van der Waals surface area contributed by atoms with E-state index in [1.165, 1.54) is 30.3 Å². The van der Waals surface area contributed by atoms with Crippen molar-refractivity contribution in [1.29, 1.82) is 5.26 Å². The third-order valence-corrected chi connectivity index (χ3v) is 7.01. The van der Waals surface area contributed by atoms with Gasteiger partial charge in [0.25, 0.3) is 5.69 Å². The molecule has 43 heavy (non-hydrogen) atoms. The number of hydrogen-bond acceptors (Lipinski definition) is 9. The molecule has 0 aromatic heterocycles. The van der Waals surface area contributed by atoms with Crippen LogP contribution in [0.25, 0.3) is 0 Å². The number of nitriles is 1. The van der Waals surface area contributed by atoms with Gasteiger partial charge in [-0.05, 0) is 48.0 Å². The molecule has 0 aliphatic carbocycles. The van der Waals surface area contributed by atoms with Gasteiger partial charge in [0.15, 0.2) is 6.61 Å². The number of halogens is 2. The molecule has 10 nitrogen and oxygen atoms in total. The Morgan fingerprint density at radius 1 is 0.977 bits per heavy atom. The number of allylic oxidation sites excluding steroid dienone is 1. The third-order valence-electron chi connectivity index (χ3n) is 6.43. The van der Waals surface area contributed by atoms with Gasteiger partial charge in [-0.15, -0.1) is 0 Å². The van der Waals surface area contributed by atoms with Crippen molar-refractivity contribution in [3.05, 3.63) is 133 Å². The van der Waals surface area contributed by atoms with E-state index in [4.69, 9.17) is 47.9 Å². The maximum absolute atomic E-state index is 12.4. The molecule has 12 heteroatoms. The number of nitrogens with two attached hydrogens (primary N) is 1. The number of hydrogen-bond donors (Lipinski definition) is 1. The van der Waals surface area contributed by atoms with E-state index in [0.29, 0.717) is 27.1 Å². The topological polar surface area (TPSA) is 147 Å². The summed E-state index contributed by atoms with van der Waals surface area (Å²) in [4.78, 5) is 22.7. The number of non-ortho nitro benzene ring substituents is 1. The van der Waals surface area contributed by atoms with E-state index in [-0.39, 0.29) is 35.2 Å². The zero-order valence-electron chi connectivity index (χ0n) is 22.2. The van der Waals surface area contributed by atoms with Crippen LogP contribution < -0.4 is 24.7 Å². The summed E-state index contributed by atoms with van der Waals surface area (Å²) in [5.41, 5.74) is 8.37. The van der Waals surface area contributed by atoms with Gasteiger partial charge in [-0.3, -0.25) is 10.1 Å². The summed E-state index contributed by atoms with van der Waals surface area (Å²) in [5, 5.41) is 21.7. The monoisotopic (exact) mass is 617 g/mol. The summed E-state index contributed by atoms with van der Waals surface area (Å²) < 4.78 is 22.5. The van der Waals surface area contributed by atoms with Gasteiger partial charge in [-0.1, -0.05) is 47.5 Å². The molecule has 1 heterocycles. The number of rotatable bonds is 9. The van der Waals surface area contributed by atoms with Crippen LogP contribution in [0.2, 0.25) is 10.0 Å². The maximum Gasteiger partial charge on any atom is 0.349 e. The average Bonchev–Trinajstić information content (AvgIpc) is 2.99. The summed E-state index contributed by atoms with van der Waals surface area (Å²) in [5.74, 6) is -0.0784. The molecule has 0 amide bonds. The minimum Gasteiger partial charge on any atom is -0.489 e. The Morgan fingerprint density at radius 2 is 1.74 bits per heavy atom. The lowest BCUT2D eigenvalue weighted by atomic mass is 9.83. The predicted molar refractivity (Wildman–Crippen MR) is 157 cm³/mol. The predicted octanol–water partition coefficient (Wildman–Crippen LogP) is 6.68. The first kappa shape index (κ1) is 29.3. The van der Waals surface area contributed by atoms with Gasteiger partial charge in [0.1, 0.15) is 41.2 Å². The Morgan fingerprint density at radius 3 is 2.47 bits per heavy atom. The van der Waals surface area contributed by atoms with Gasteiger partial charge in [-0.25, -0.2) is 4.79 Å². The minimum atomic E-state index is -0.711. The second-order valence-corrected chi connectivity index (χ2v) is 10.1. The smallest absolute Gasteiger partial charge is 0.349 e. The molecule has 0 fully saturated rings. The molecular weight excluding hydrogens is 597 g/mol. The lowest BCUT2D eigenvalue weighted by Gasteiger charge is -2.27. The van der Waals surface area contributed by atoms with Crippen molar-refractivity contribution in [2.75, 3.05) is 6.61 Å². The number of benzene rings is 4. The van der Waals surface area contributed by atoms with E-state index >= 15 is 0 Å². The summed E-state index contributed by atoms with van der Waals surface area (Å²) >= 11 is 12.3. The normalized spacial score (nSPS) is 13.7. The van der Waals surface area contributed by atoms with Crippen molar-refractivity contribution in [3.63, 3.8) is 0 Å². The number of ether oxygens (including phenoxy) is 4. The van der Waals surface area contributed by atoms with Gasteiger partial charge < -0.3 is 24.7 Å². The third kappa shape index (κ3) is 6.81. The highest BCUT2D eigenvalue weighted by molar-refractivity contribution is 6.35. The number of nitro benzene ring substituents is 1. The molecule has 1 aliphatic rings. The van der Waals surface area contributed by atoms with Crippen LogP contribution in [0, 0.1) is 21.4 Å². The lowest BCUT2D eigenvalue weighted by Crippen LogP contribution is -2.21. The molecule has 0 saturated carbocycles. The van der Waals surface area contributed by atoms with Crippen LogP contribution in [0.5, 0.6) is 23.0 Å². The highest BCUT2D eigenvalue weighted by Crippen LogP contribution is 2.44.